The second-order valence-corrected chi connectivity index (χ2v) is 2.96. The third-order valence-electron chi connectivity index (χ3n) is 1.90. The zero-order valence-corrected chi connectivity index (χ0v) is 8.65. The first-order valence-corrected chi connectivity index (χ1v) is 4.48. The molecule has 1 aromatic rings. The second-order valence-electron chi connectivity index (χ2n) is 2.96. The Bertz CT molecular complexity index is 309. The van der Waals surface area contributed by atoms with Gasteiger partial charge in [-0.2, -0.15) is 5.10 Å². The van der Waals surface area contributed by atoms with Crippen LogP contribution in [-0.2, 0) is 16.6 Å². The van der Waals surface area contributed by atoms with E-state index in [2.05, 4.69) is 10.4 Å². The molecule has 5 nitrogen and oxygen atoms in total. The van der Waals surface area contributed by atoms with Crippen LogP contribution in [0.3, 0.4) is 0 Å². The van der Waals surface area contributed by atoms with Crippen molar-refractivity contribution in [2.75, 3.05) is 13.7 Å². The highest BCUT2D eigenvalue weighted by Gasteiger charge is 2.21. The highest BCUT2D eigenvalue weighted by Crippen LogP contribution is 2.12. The highest BCUT2D eigenvalue weighted by molar-refractivity contribution is 5.77. The summed E-state index contributed by atoms with van der Waals surface area (Å²) in [6.07, 6.45) is 3.45. The highest BCUT2D eigenvalue weighted by atomic mass is 16.5. The number of methoxy groups -OCH3 is 1. The number of nitrogens with one attached hydrogen (secondary N) is 1. The molecule has 1 rings (SSSR count). The summed E-state index contributed by atoms with van der Waals surface area (Å²) in [7, 11) is 3.19. The molecular formula is C9H15N3O2. The minimum absolute atomic E-state index is 0.292. The molecule has 0 aliphatic carbocycles. The maximum absolute atomic E-state index is 11.4. The molecule has 1 N–H and O–H groups in total. The number of rotatable bonds is 4. The van der Waals surface area contributed by atoms with E-state index in [4.69, 9.17) is 4.74 Å². The number of aryl methyl sites for hydroxylation is 1. The number of carbonyl (C=O) groups is 1. The zero-order chi connectivity index (χ0) is 10.6. The van der Waals surface area contributed by atoms with Crippen LogP contribution in [0.25, 0.3) is 0 Å². The lowest BCUT2D eigenvalue weighted by atomic mass is 10.1. The fourth-order valence-corrected chi connectivity index (χ4v) is 1.25. The molecule has 0 bridgehead atoms. The maximum Gasteiger partial charge on any atom is 0.327 e. The van der Waals surface area contributed by atoms with Gasteiger partial charge in [0.25, 0.3) is 0 Å². The average Bonchev–Trinajstić information content (AvgIpc) is 2.60. The molecule has 78 valence electrons. The third kappa shape index (κ3) is 2.32. The fraction of sp³-hybridized carbons (Fsp3) is 0.556. The molecule has 0 aliphatic heterocycles. The van der Waals surface area contributed by atoms with Crippen molar-refractivity contribution in [1.82, 2.24) is 15.1 Å². The number of ether oxygens (including phenoxy) is 1. The monoisotopic (exact) mass is 197 g/mol. The van der Waals surface area contributed by atoms with E-state index in [1.807, 2.05) is 14.0 Å². The van der Waals surface area contributed by atoms with Crippen LogP contribution in [0.5, 0.6) is 0 Å². The number of aromatic nitrogens is 2. The van der Waals surface area contributed by atoms with Gasteiger partial charge in [0.05, 0.1) is 13.3 Å². The topological polar surface area (TPSA) is 56.1 Å². The summed E-state index contributed by atoms with van der Waals surface area (Å²) in [5.74, 6) is -0.292. The molecule has 0 fully saturated rings. The Balaban J connectivity index is 2.82. The predicted molar refractivity (Wildman–Crippen MR) is 51.6 cm³/mol. The summed E-state index contributed by atoms with van der Waals surface area (Å²) < 4.78 is 6.35. The molecule has 0 spiro atoms. The van der Waals surface area contributed by atoms with Crippen molar-refractivity contribution in [3.8, 4) is 0 Å². The van der Waals surface area contributed by atoms with Gasteiger partial charge < -0.3 is 10.1 Å². The number of hydrogen-bond acceptors (Lipinski definition) is 4. The smallest absolute Gasteiger partial charge is 0.327 e. The Morgan fingerprint density at radius 1 is 1.79 bits per heavy atom. The van der Waals surface area contributed by atoms with Gasteiger partial charge in [-0.1, -0.05) is 6.92 Å². The van der Waals surface area contributed by atoms with Crippen molar-refractivity contribution in [2.24, 2.45) is 7.05 Å². The number of esters is 1. The van der Waals surface area contributed by atoms with E-state index in [-0.39, 0.29) is 5.97 Å². The van der Waals surface area contributed by atoms with Gasteiger partial charge in [-0.05, 0) is 6.54 Å². The summed E-state index contributed by atoms with van der Waals surface area (Å²) >= 11 is 0. The van der Waals surface area contributed by atoms with E-state index in [0.717, 1.165) is 5.56 Å². The molecule has 1 heterocycles. The van der Waals surface area contributed by atoms with E-state index in [9.17, 15) is 4.79 Å². The van der Waals surface area contributed by atoms with E-state index in [0.29, 0.717) is 6.54 Å². The molecular weight excluding hydrogens is 182 g/mol. The van der Waals surface area contributed by atoms with Gasteiger partial charge in [0.15, 0.2) is 0 Å². The Kier molecular flexibility index (Phi) is 3.64. The molecule has 0 amide bonds. The van der Waals surface area contributed by atoms with Gasteiger partial charge in [0, 0.05) is 18.8 Å². The lowest BCUT2D eigenvalue weighted by Crippen LogP contribution is -2.29. The van der Waals surface area contributed by atoms with Crippen LogP contribution in [0.15, 0.2) is 12.4 Å². The lowest BCUT2D eigenvalue weighted by molar-refractivity contribution is -0.143. The van der Waals surface area contributed by atoms with Gasteiger partial charge in [-0.3, -0.25) is 4.68 Å². The normalized spacial score (nSPS) is 12.5. The predicted octanol–water partition coefficient (Wildman–Crippen LogP) is 0.244. The van der Waals surface area contributed by atoms with Crippen LogP contribution < -0.4 is 5.32 Å². The molecule has 0 saturated heterocycles. The van der Waals surface area contributed by atoms with Crippen LogP contribution >= 0.6 is 0 Å². The quantitative estimate of drug-likeness (QED) is 0.703. The molecule has 1 atom stereocenters. The molecule has 0 aliphatic rings. The fourth-order valence-electron chi connectivity index (χ4n) is 1.25. The van der Waals surface area contributed by atoms with E-state index in [1.165, 1.54) is 7.11 Å². The SMILES string of the molecule is CCN[C@@H](C(=O)OC)c1cnn(C)c1. The largest absolute Gasteiger partial charge is 0.468 e. The minimum atomic E-state index is -0.418. The van der Waals surface area contributed by atoms with Gasteiger partial charge in [-0.25, -0.2) is 4.79 Å². The first kappa shape index (κ1) is 10.7. The van der Waals surface area contributed by atoms with Crippen molar-refractivity contribution >= 4 is 5.97 Å². The average molecular weight is 197 g/mol. The number of hydrogen-bond donors (Lipinski definition) is 1. The molecule has 14 heavy (non-hydrogen) atoms. The number of carbonyl (C=O) groups excluding carboxylic acids is 1. The van der Waals surface area contributed by atoms with Gasteiger partial charge in [0.2, 0.25) is 0 Å². The Hall–Kier alpha value is -1.36. The van der Waals surface area contributed by atoms with Crippen molar-refractivity contribution in [2.45, 2.75) is 13.0 Å². The van der Waals surface area contributed by atoms with E-state index in [1.54, 1.807) is 17.1 Å². The summed E-state index contributed by atoms with van der Waals surface area (Å²) in [6, 6.07) is -0.418. The third-order valence-corrected chi connectivity index (χ3v) is 1.90. The Morgan fingerprint density at radius 2 is 2.50 bits per heavy atom. The second kappa shape index (κ2) is 4.76. The number of likely N-dealkylation sites (N-methyl/N-ethyl adjacent to an activating group) is 1. The van der Waals surface area contributed by atoms with Gasteiger partial charge >= 0.3 is 5.97 Å². The lowest BCUT2D eigenvalue weighted by Gasteiger charge is -2.12. The van der Waals surface area contributed by atoms with Crippen LogP contribution in [0.2, 0.25) is 0 Å². The van der Waals surface area contributed by atoms with Crippen LogP contribution in [-0.4, -0.2) is 29.4 Å². The van der Waals surface area contributed by atoms with E-state index < -0.39 is 6.04 Å². The van der Waals surface area contributed by atoms with Gasteiger partial charge in [-0.15, -0.1) is 0 Å². The van der Waals surface area contributed by atoms with Gasteiger partial charge in [0.1, 0.15) is 6.04 Å². The first-order valence-electron chi connectivity index (χ1n) is 4.48. The molecule has 0 saturated carbocycles. The van der Waals surface area contributed by atoms with E-state index >= 15 is 0 Å². The van der Waals surface area contributed by atoms with Crippen LogP contribution in [0.1, 0.15) is 18.5 Å². The summed E-state index contributed by atoms with van der Waals surface area (Å²) in [4.78, 5) is 11.4. The molecule has 0 aromatic carbocycles. The molecule has 1 aromatic heterocycles. The van der Waals surface area contributed by atoms with Crippen LogP contribution in [0, 0.1) is 0 Å². The van der Waals surface area contributed by atoms with Crippen LogP contribution in [0.4, 0.5) is 0 Å². The van der Waals surface area contributed by atoms with Crippen molar-refractivity contribution in [3.05, 3.63) is 18.0 Å². The molecule has 0 unspecified atom stereocenters. The minimum Gasteiger partial charge on any atom is -0.468 e. The van der Waals surface area contributed by atoms with Crippen molar-refractivity contribution < 1.29 is 9.53 Å². The van der Waals surface area contributed by atoms with Crippen molar-refractivity contribution in [1.29, 1.82) is 0 Å². The first-order chi connectivity index (χ1) is 6.69. The van der Waals surface area contributed by atoms with Crippen molar-refractivity contribution in [3.63, 3.8) is 0 Å². The Morgan fingerprint density at radius 3 is 2.93 bits per heavy atom. The maximum atomic E-state index is 11.4. The Labute approximate surface area is 83.1 Å². The zero-order valence-electron chi connectivity index (χ0n) is 8.65. The summed E-state index contributed by atoms with van der Waals surface area (Å²) in [5.41, 5.74) is 0.821. The summed E-state index contributed by atoms with van der Waals surface area (Å²) in [6.45, 7) is 2.64. The molecule has 5 heteroatoms. The summed E-state index contributed by atoms with van der Waals surface area (Å²) in [5, 5.41) is 7.04. The standard InChI is InChI=1S/C9H15N3O2/c1-4-10-8(9(13)14-3)7-5-11-12(2)6-7/h5-6,8,10H,4H2,1-3H3/t8-/m1/s1. The molecule has 0 radical (unpaired) electrons. The number of nitrogens with zero attached hydrogens (tertiary/aromatic N) is 2.